The molecule has 0 amide bonds. The molecule has 1 radical (unpaired) electrons. The molecule has 1 heterocycles. The number of likely N-dealkylation sites (N-methyl/N-ethyl adjacent to an activating group) is 2. The van der Waals surface area contributed by atoms with E-state index in [1.54, 1.807) is 0 Å². The zero-order valence-corrected chi connectivity index (χ0v) is 8.36. The number of quaternary nitrogens is 2. The van der Waals surface area contributed by atoms with Gasteiger partial charge in [-0.2, -0.15) is 0 Å². The van der Waals surface area contributed by atoms with Gasteiger partial charge >= 0.3 is 6.98 Å². The normalized spacial score (nSPS) is 28.2. The summed E-state index contributed by atoms with van der Waals surface area (Å²) in [6.07, 6.45) is -1.22. The minimum atomic E-state index is -1.22. The monoisotopic (exact) mass is 174 g/mol. The van der Waals surface area contributed by atoms with Crippen LogP contribution in [0, 0.1) is 0 Å². The van der Waals surface area contributed by atoms with E-state index in [0.29, 0.717) is 8.79 Å². The van der Waals surface area contributed by atoms with Crippen LogP contribution in [0.3, 0.4) is 0 Å². The maximum absolute atomic E-state index is 9.25. The van der Waals surface area contributed by atoms with Crippen molar-refractivity contribution in [2.75, 3.05) is 41.3 Å². The number of aliphatic hydroxyl groups is 2. The van der Waals surface area contributed by atoms with Gasteiger partial charge in [-0.05, 0) is 0 Å². The van der Waals surface area contributed by atoms with Crippen LogP contribution >= 0.6 is 0 Å². The van der Waals surface area contributed by atoms with Gasteiger partial charge in [0.1, 0.15) is 6.19 Å². The molecule has 1 aliphatic heterocycles. The van der Waals surface area contributed by atoms with Crippen LogP contribution in [0.5, 0.6) is 0 Å². The Bertz CT molecular complexity index is 166. The second-order valence-electron chi connectivity index (χ2n) is 4.83. The molecule has 0 aromatic carbocycles. The second kappa shape index (κ2) is 2.70. The first kappa shape index (κ1) is 9.99. The van der Waals surface area contributed by atoms with Crippen LogP contribution < -0.4 is 0 Å². The minimum absolute atomic E-state index is 0.120. The molecule has 0 aliphatic carbocycles. The summed E-state index contributed by atoms with van der Waals surface area (Å²) in [6.45, 7) is 1.87. The molecule has 0 aromatic rings. The Morgan fingerprint density at radius 1 is 1.00 bits per heavy atom. The average Bonchev–Trinajstić information content (AvgIpc) is 2.01. The lowest BCUT2D eigenvalue weighted by molar-refractivity contribution is -0.838. The zero-order chi connectivity index (χ0) is 9.57. The standard InChI is InChI=1S/C7H19BN2O2/c1-9(2)5-6-10(3,4)8(9)7(11)12/h7,11-12H,5-6H2,1-4H3/q+1. The van der Waals surface area contributed by atoms with Crippen LogP contribution in [0.2, 0.25) is 0 Å². The van der Waals surface area contributed by atoms with Crippen molar-refractivity contribution in [3.05, 3.63) is 0 Å². The molecule has 0 atom stereocenters. The Hall–Kier alpha value is -0.0951. The van der Waals surface area contributed by atoms with Gasteiger partial charge in [-0.25, -0.2) is 0 Å². The summed E-state index contributed by atoms with van der Waals surface area (Å²) in [6, 6.07) is 0. The van der Waals surface area contributed by atoms with E-state index in [4.69, 9.17) is 0 Å². The number of nitrogens with zero attached hydrogens (tertiary/aromatic N) is 2. The van der Waals surface area contributed by atoms with E-state index in [2.05, 4.69) is 0 Å². The molecule has 0 bridgehead atoms. The Morgan fingerprint density at radius 3 is 1.50 bits per heavy atom. The van der Waals surface area contributed by atoms with E-state index >= 15 is 0 Å². The maximum atomic E-state index is 9.25. The number of hydrogen-bond donors (Lipinski definition) is 2. The molecule has 0 spiro atoms. The molecule has 4 nitrogen and oxygen atoms in total. The average molecular weight is 174 g/mol. The first-order valence-corrected chi connectivity index (χ1v) is 4.29. The van der Waals surface area contributed by atoms with Crippen LogP contribution in [0.25, 0.3) is 0 Å². The van der Waals surface area contributed by atoms with E-state index in [-0.39, 0.29) is 6.98 Å². The molecule has 0 unspecified atom stereocenters. The van der Waals surface area contributed by atoms with Crippen LogP contribution in [0.1, 0.15) is 0 Å². The highest BCUT2D eigenvalue weighted by Gasteiger charge is 2.48. The van der Waals surface area contributed by atoms with Gasteiger partial charge < -0.3 is 19.0 Å². The van der Waals surface area contributed by atoms with E-state index in [9.17, 15) is 10.2 Å². The molecule has 2 N–H and O–H groups in total. The van der Waals surface area contributed by atoms with Crippen molar-refractivity contribution in [1.29, 1.82) is 0 Å². The van der Waals surface area contributed by atoms with Gasteiger partial charge in [0, 0.05) is 28.2 Å². The summed E-state index contributed by atoms with van der Waals surface area (Å²) in [5.41, 5.74) is 0. The first-order valence-electron chi connectivity index (χ1n) is 4.29. The third kappa shape index (κ3) is 1.50. The van der Waals surface area contributed by atoms with Gasteiger partial charge in [-0.3, -0.25) is 0 Å². The predicted octanol–water partition coefficient (Wildman–Crippen LogP) is -1.51. The quantitative estimate of drug-likeness (QED) is 0.375. The molecular weight excluding hydrogens is 155 g/mol. The summed E-state index contributed by atoms with van der Waals surface area (Å²) in [4.78, 5) is 0. The summed E-state index contributed by atoms with van der Waals surface area (Å²) < 4.78 is 1.37. The van der Waals surface area contributed by atoms with Gasteiger partial charge in [0.2, 0.25) is 0 Å². The SMILES string of the molecule is C[N+]1(C)CC[N+](C)(C)[B-]1C(O)O. The van der Waals surface area contributed by atoms with Crippen molar-refractivity contribution in [3.8, 4) is 0 Å². The van der Waals surface area contributed by atoms with Crippen LogP contribution in [-0.4, -0.2) is 73.5 Å². The number of aliphatic hydroxyl groups excluding tert-OH is 1. The fourth-order valence-corrected chi connectivity index (χ4v) is 2.35. The minimum Gasteiger partial charge on any atom is -0.477 e. The van der Waals surface area contributed by atoms with Gasteiger partial charge in [0.05, 0.1) is 13.1 Å². The second-order valence-corrected chi connectivity index (χ2v) is 4.83. The van der Waals surface area contributed by atoms with Crippen LogP contribution in [0.15, 0.2) is 0 Å². The highest BCUT2D eigenvalue weighted by Crippen LogP contribution is 2.22. The third-order valence-electron chi connectivity index (χ3n) is 2.95. The van der Waals surface area contributed by atoms with E-state index in [1.807, 2.05) is 28.2 Å². The van der Waals surface area contributed by atoms with E-state index in [0.717, 1.165) is 13.1 Å². The van der Waals surface area contributed by atoms with Crippen molar-refractivity contribution in [1.82, 2.24) is 0 Å². The summed E-state index contributed by atoms with van der Waals surface area (Å²) in [5, 5.41) is 18.5. The zero-order valence-electron chi connectivity index (χ0n) is 8.36. The highest BCUT2D eigenvalue weighted by atomic mass is 16.5. The van der Waals surface area contributed by atoms with Crippen LogP contribution in [-0.2, 0) is 0 Å². The first-order chi connectivity index (χ1) is 5.27. The molecule has 1 rings (SSSR count). The molecular formula is C7H19BN2O2+. The topological polar surface area (TPSA) is 40.5 Å². The Labute approximate surface area is 74.3 Å². The molecule has 12 heavy (non-hydrogen) atoms. The molecule has 1 aliphatic rings. The Morgan fingerprint density at radius 2 is 1.33 bits per heavy atom. The molecule has 0 aromatic heterocycles. The predicted molar refractivity (Wildman–Crippen MR) is 47.9 cm³/mol. The highest BCUT2D eigenvalue weighted by molar-refractivity contribution is 6.43. The molecule has 5 heteroatoms. The number of hydrogen-bond acceptors (Lipinski definition) is 2. The van der Waals surface area contributed by atoms with Gasteiger partial charge in [-0.1, -0.05) is 0 Å². The molecule has 1 fully saturated rings. The fourth-order valence-electron chi connectivity index (χ4n) is 2.35. The van der Waals surface area contributed by atoms with Crippen molar-refractivity contribution in [2.24, 2.45) is 0 Å². The van der Waals surface area contributed by atoms with Gasteiger partial charge in [0.25, 0.3) is 0 Å². The van der Waals surface area contributed by atoms with E-state index in [1.165, 1.54) is 0 Å². The number of rotatable bonds is 1. The summed E-state index contributed by atoms with van der Waals surface area (Å²) in [5.74, 6) is 0. The van der Waals surface area contributed by atoms with Crippen molar-refractivity contribution in [3.63, 3.8) is 0 Å². The van der Waals surface area contributed by atoms with Gasteiger partial charge in [0.15, 0.2) is 0 Å². The Kier molecular flexibility index (Phi) is 2.25. The van der Waals surface area contributed by atoms with E-state index < -0.39 is 6.19 Å². The van der Waals surface area contributed by atoms with Crippen molar-refractivity contribution < 1.29 is 19.0 Å². The lowest BCUT2D eigenvalue weighted by Gasteiger charge is -2.44. The lowest BCUT2D eigenvalue weighted by Crippen LogP contribution is -2.65. The smallest absolute Gasteiger partial charge is 0.458 e. The Balaban J connectivity index is 2.89. The molecule has 71 valence electrons. The lowest BCUT2D eigenvalue weighted by atomic mass is 9.68. The fraction of sp³-hybridized carbons (Fsp3) is 1.00. The van der Waals surface area contributed by atoms with Crippen molar-refractivity contribution in [2.45, 2.75) is 6.19 Å². The van der Waals surface area contributed by atoms with Crippen molar-refractivity contribution >= 4 is 6.98 Å². The van der Waals surface area contributed by atoms with Gasteiger partial charge in [-0.15, -0.1) is 0 Å². The maximum Gasteiger partial charge on any atom is 0.458 e. The largest absolute Gasteiger partial charge is 0.477 e. The van der Waals surface area contributed by atoms with Crippen LogP contribution in [0.4, 0.5) is 0 Å². The molecule has 1 saturated heterocycles. The summed E-state index contributed by atoms with van der Waals surface area (Å²) >= 11 is 0. The molecule has 0 saturated carbocycles. The third-order valence-corrected chi connectivity index (χ3v) is 2.95. The summed E-state index contributed by atoms with van der Waals surface area (Å²) in [7, 11) is 8.16.